The van der Waals surface area contributed by atoms with Crippen molar-refractivity contribution in [3.63, 3.8) is 0 Å². The summed E-state index contributed by atoms with van der Waals surface area (Å²) in [5.74, 6) is 0. The SMILES string of the molecule is CCc1nc2ccccn2c1C(P(=O)(O)O)P(=O)(O)O. The Kier molecular flexibility index (Phi) is 3.90. The highest BCUT2D eigenvalue weighted by atomic mass is 31.2. The molecule has 0 saturated heterocycles. The second-order valence-corrected chi connectivity index (χ2v) is 8.07. The minimum Gasteiger partial charge on any atom is -0.324 e. The molecule has 0 aliphatic rings. The van der Waals surface area contributed by atoms with Gasteiger partial charge in [0, 0.05) is 6.20 Å². The largest absolute Gasteiger partial charge is 0.346 e. The number of hydrogen-bond donors (Lipinski definition) is 4. The van der Waals surface area contributed by atoms with Crippen LogP contribution in [0.4, 0.5) is 0 Å². The van der Waals surface area contributed by atoms with Crippen molar-refractivity contribution in [3.8, 4) is 0 Å². The fraction of sp³-hybridized carbons (Fsp3) is 0.300. The van der Waals surface area contributed by atoms with Crippen LogP contribution in [0.25, 0.3) is 5.65 Å². The van der Waals surface area contributed by atoms with Gasteiger partial charge in [0.25, 0.3) is 0 Å². The first-order chi connectivity index (χ1) is 9.16. The third-order valence-electron chi connectivity index (χ3n) is 2.86. The van der Waals surface area contributed by atoms with E-state index in [0.29, 0.717) is 12.1 Å². The third-order valence-corrected chi connectivity index (χ3v) is 6.43. The maximum Gasteiger partial charge on any atom is 0.346 e. The smallest absolute Gasteiger partial charge is 0.324 e. The number of rotatable bonds is 4. The second-order valence-electron chi connectivity index (χ2n) is 4.28. The molecule has 2 rings (SSSR count). The summed E-state index contributed by atoms with van der Waals surface area (Å²) in [4.78, 5) is 41.5. The zero-order valence-electron chi connectivity index (χ0n) is 10.5. The minimum absolute atomic E-state index is 0.134. The first kappa shape index (κ1) is 15.4. The van der Waals surface area contributed by atoms with Crippen molar-refractivity contribution < 1.29 is 28.7 Å². The van der Waals surface area contributed by atoms with E-state index in [1.807, 2.05) is 0 Å². The van der Waals surface area contributed by atoms with Crippen LogP contribution in [0.2, 0.25) is 0 Å². The molecular weight excluding hydrogens is 306 g/mol. The summed E-state index contributed by atoms with van der Waals surface area (Å²) in [6.45, 7) is 1.70. The predicted molar refractivity (Wildman–Crippen MR) is 71.4 cm³/mol. The van der Waals surface area contributed by atoms with Gasteiger partial charge < -0.3 is 24.0 Å². The fourth-order valence-electron chi connectivity index (χ4n) is 2.11. The van der Waals surface area contributed by atoms with Crippen molar-refractivity contribution in [2.45, 2.75) is 18.7 Å². The van der Waals surface area contributed by atoms with Gasteiger partial charge in [0.15, 0.2) is 0 Å². The molecule has 10 heteroatoms. The molecule has 0 atom stereocenters. The van der Waals surface area contributed by atoms with Gasteiger partial charge in [-0.05, 0) is 18.6 Å². The zero-order valence-corrected chi connectivity index (χ0v) is 12.3. The Morgan fingerprint density at radius 1 is 1.20 bits per heavy atom. The number of pyridine rings is 1. The summed E-state index contributed by atoms with van der Waals surface area (Å²) in [6.07, 6.45) is 1.77. The van der Waals surface area contributed by atoms with Crippen LogP contribution in [0.15, 0.2) is 24.4 Å². The zero-order chi connectivity index (χ0) is 15.1. The molecule has 4 N–H and O–H groups in total. The monoisotopic (exact) mass is 320 g/mol. The summed E-state index contributed by atoms with van der Waals surface area (Å²) >= 11 is 0. The summed E-state index contributed by atoms with van der Waals surface area (Å²) < 4.78 is 24.4. The third kappa shape index (κ3) is 2.72. The molecule has 0 spiro atoms. The molecule has 0 radical (unpaired) electrons. The van der Waals surface area contributed by atoms with Gasteiger partial charge in [-0.2, -0.15) is 0 Å². The topological polar surface area (TPSA) is 132 Å². The van der Waals surface area contributed by atoms with Crippen molar-refractivity contribution in [1.29, 1.82) is 0 Å². The maximum atomic E-state index is 11.5. The molecule has 0 aromatic carbocycles. The average Bonchev–Trinajstić information content (AvgIpc) is 2.64. The van der Waals surface area contributed by atoms with E-state index in [4.69, 9.17) is 0 Å². The fourth-order valence-corrected chi connectivity index (χ4v) is 4.86. The lowest BCUT2D eigenvalue weighted by Crippen LogP contribution is -2.07. The first-order valence-electron chi connectivity index (χ1n) is 5.72. The van der Waals surface area contributed by atoms with Crippen molar-refractivity contribution in [1.82, 2.24) is 9.38 Å². The van der Waals surface area contributed by atoms with Crippen LogP contribution in [-0.4, -0.2) is 29.0 Å². The molecule has 0 saturated carbocycles. The molecular formula is C10H14N2O6P2. The van der Waals surface area contributed by atoms with E-state index >= 15 is 0 Å². The van der Waals surface area contributed by atoms with Gasteiger partial charge in [-0.25, -0.2) is 4.98 Å². The van der Waals surface area contributed by atoms with Crippen LogP contribution in [0.1, 0.15) is 23.7 Å². The molecule has 2 heterocycles. The Labute approximate surface area is 114 Å². The Hall–Kier alpha value is -1.01. The molecule has 0 bridgehead atoms. The molecule has 0 aliphatic carbocycles. The van der Waals surface area contributed by atoms with Crippen molar-refractivity contribution >= 4 is 20.8 Å². The van der Waals surface area contributed by atoms with Crippen molar-refractivity contribution in [3.05, 3.63) is 35.8 Å². The van der Waals surface area contributed by atoms with Crippen LogP contribution < -0.4 is 0 Å². The number of hydrogen-bond acceptors (Lipinski definition) is 3. The average molecular weight is 320 g/mol. The highest BCUT2D eigenvalue weighted by Gasteiger charge is 2.47. The van der Waals surface area contributed by atoms with Gasteiger partial charge in [-0.1, -0.05) is 13.0 Å². The van der Waals surface area contributed by atoms with Crippen LogP contribution in [-0.2, 0) is 15.6 Å². The predicted octanol–water partition coefficient (Wildman–Crippen LogP) is 1.25. The number of imidazole rings is 1. The van der Waals surface area contributed by atoms with Gasteiger partial charge in [-0.3, -0.25) is 9.13 Å². The summed E-state index contributed by atoms with van der Waals surface area (Å²) in [5.41, 5.74) is 0.504. The van der Waals surface area contributed by atoms with Gasteiger partial charge in [0.1, 0.15) is 5.65 Å². The van der Waals surface area contributed by atoms with Gasteiger partial charge >= 0.3 is 15.2 Å². The molecule has 0 fully saturated rings. The molecule has 8 nitrogen and oxygen atoms in total. The Morgan fingerprint density at radius 3 is 2.30 bits per heavy atom. The molecule has 20 heavy (non-hydrogen) atoms. The second kappa shape index (κ2) is 5.07. The van der Waals surface area contributed by atoms with Crippen LogP contribution in [0.5, 0.6) is 0 Å². The summed E-state index contributed by atoms with van der Waals surface area (Å²) in [5, 5.41) is -2.21. The van der Waals surface area contributed by atoms with Crippen LogP contribution in [0.3, 0.4) is 0 Å². The summed E-state index contributed by atoms with van der Waals surface area (Å²) in [6, 6.07) is 4.86. The molecule has 2 aromatic heterocycles. The first-order valence-corrected chi connectivity index (χ1v) is 9.09. The lowest BCUT2D eigenvalue weighted by atomic mass is 10.3. The van der Waals surface area contributed by atoms with Crippen molar-refractivity contribution in [2.24, 2.45) is 0 Å². The van der Waals surface area contributed by atoms with E-state index in [1.165, 1.54) is 10.6 Å². The van der Waals surface area contributed by atoms with Gasteiger partial charge in [-0.15, -0.1) is 0 Å². The maximum absolute atomic E-state index is 11.5. The molecule has 0 aliphatic heterocycles. The van der Waals surface area contributed by atoms with E-state index in [1.54, 1.807) is 25.1 Å². The van der Waals surface area contributed by atoms with Crippen LogP contribution >= 0.6 is 15.2 Å². The van der Waals surface area contributed by atoms with E-state index < -0.39 is 20.6 Å². The molecule has 110 valence electrons. The Morgan fingerprint density at radius 2 is 1.80 bits per heavy atom. The standard InChI is InChI=1S/C10H14N2O6P2/c1-2-7-9(10(19(13,14)15)20(16,17)18)12-6-4-3-5-8(12)11-7/h3-6,10H,2H2,1H3,(H2,13,14,15)(H2,16,17,18). The molecule has 0 amide bonds. The summed E-state index contributed by atoms with van der Waals surface area (Å²) in [7, 11) is -10.1. The highest BCUT2D eigenvalue weighted by molar-refractivity contribution is 7.70. The lowest BCUT2D eigenvalue weighted by molar-refractivity contribution is 0.338. The Bertz CT molecular complexity index is 708. The van der Waals surface area contributed by atoms with E-state index in [9.17, 15) is 28.7 Å². The van der Waals surface area contributed by atoms with Crippen LogP contribution in [0, 0.1) is 0 Å². The van der Waals surface area contributed by atoms with Gasteiger partial charge in [0.05, 0.1) is 11.4 Å². The number of nitrogens with zero attached hydrogens (tertiary/aromatic N) is 2. The quantitative estimate of drug-likeness (QED) is 0.623. The van der Waals surface area contributed by atoms with E-state index in [2.05, 4.69) is 4.98 Å². The Balaban J connectivity index is 2.83. The highest BCUT2D eigenvalue weighted by Crippen LogP contribution is 2.70. The van der Waals surface area contributed by atoms with E-state index in [-0.39, 0.29) is 11.4 Å². The normalized spacial score (nSPS) is 13.3. The number of aryl methyl sites for hydroxylation is 1. The number of aromatic nitrogens is 2. The number of fused-ring (bicyclic) bond motifs is 1. The lowest BCUT2D eigenvalue weighted by Gasteiger charge is -2.20. The molecule has 2 aromatic rings. The van der Waals surface area contributed by atoms with Gasteiger partial charge in [0.2, 0.25) is 5.40 Å². The van der Waals surface area contributed by atoms with Crippen molar-refractivity contribution in [2.75, 3.05) is 0 Å². The van der Waals surface area contributed by atoms with E-state index in [0.717, 1.165) is 0 Å². The minimum atomic E-state index is -5.05. The molecule has 0 unspecified atom stereocenters.